The maximum Gasteiger partial charge on any atom is 0.164 e. The Morgan fingerprint density at radius 3 is 1.76 bits per heavy atom. The Bertz CT molecular complexity index is 1610. The average molecular weight is 478 g/mol. The first-order valence-corrected chi connectivity index (χ1v) is 12.7. The van der Waals surface area contributed by atoms with Crippen molar-refractivity contribution in [3.8, 4) is 45.0 Å². The fourth-order valence-corrected chi connectivity index (χ4v) is 4.65. The van der Waals surface area contributed by atoms with Crippen LogP contribution in [0.25, 0.3) is 50.6 Å². The van der Waals surface area contributed by atoms with Crippen molar-refractivity contribution in [3.63, 3.8) is 0 Å². The van der Waals surface area contributed by atoms with Gasteiger partial charge in [0, 0.05) is 16.7 Å². The second-order valence-electron chi connectivity index (χ2n) is 9.34. The average Bonchev–Trinajstić information content (AvgIpc) is 2.98. The minimum absolute atomic E-state index is 0.682. The fourth-order valence-electron chi connectivity index (χ4n) is 4.65. The molecule has 0 unspecified atom stereocenters. The van der Waals surface area contributed by atoms with Crippen LogP contribution < -0.4 is 0 Å². The highest BCUT2D eigenvalue weighted by atomic mass is 15.0. The number of hydrogen-bond donors (Lipinski definition) is 0. The van der Waals surface area contributed by atoms with Gasteiger partial charge < -0.3 is 0 Å². The third-order valence-electron chi connectivity index (χ3n) is 6.61. The Morgan fingerprint density at radius 2 is 1.08 bits per heavy atom. The van der Waals surface area contributed by atoms with Gasteiger partial charge >= 0.3 is 0 Å². The van der Waals surface area contributed by atoms with Crippen LogP contribution in [0.15, 0.2) is 121 Å². The molecule has 0 fully saturated rings. The zero-order chi connectivity index (χ0) is 25.0. The summed E-state index contributed by atoms with van der Waals surface area (Å²) in [6.45, 7) is 2.13. The predicted molar refractivity (Wildman–Crippen MR) is 153 cm³/mol. The second-order valence-corrected chi connectivity index (χ2v) is 9.34. The van der Waals surface area contributed by atoms with E-state index in [0.717, 1.165) is 40.7 Å². The van der Waals surface area contributed by atoms with Gasteiger partial charge in [0.2, 0.25) is 0 Å². The molecule has 6 rings (SSSR count). The third-order valence-corrected chi connectivity index (χ3v) is 6.61. The second kappa shape index (κ2) is 10.2. The lowest BCUT2D eigenvalue weighted by atomic mass is 9.98. The number of rotatable bonds is 5. The van der Waals surface area contributed by atoms with Gasteiger partial charge in [0.25, 0.3) is 0 Å². The van der Waals surface area contributed by atoms with Crippen LogP contribution in [-0.4, -0.2) is 15.0 Å². The van der Waals surface area contributed by atoms with Crippen molar-refractivity contribution in [2.75, 3.05) is 0 Å². The van der Waals surface area contributed by atoms with Gasteiger partial charge in [-0.3, -0.25) is 0 Å². The molecule has 178 valence electrons. The lowest BCUT2D eigenvalue weighted by Gasteiger charge is -2.11. The van der Waals surface area contributed by atoms with E-state index in [9.17, 15) is 0 Å². The van der Waals surface area contributed by atoms with Crippen molar-refractivity contribution in [3.05, 3.63) is 133 Å². The van der Waals surface area contributed by atoms with Crippen molar-refractivity contribution in [1.82, 2.24) is 15.0 Å². The summed E-state index contributed by atoms with van der Waals surface area (Å²) < 4.78 is 0. The van der Waals surface area contributed by atoms with Crippen molar-refractivity contribution >= 4 is 5.57 Å². The van der Waals surface area contributed by atoms with Crippen molar-refractivity contribution in [2.24, 2.45) is 0 Å². The summed E-state index contributed by atoms with van der Waals surface area (Å²) in [5.74, 6) is 2.09. The topological polar surface area (TPSA) is 38.7 Å². The molecule has 1 aromatic heterocycles. The Hall–Kier alpha value is -4.63. The van der Waals surface area contributed by atoms with Crippen LogP contribution in [0.4, 0.5) is 0 Å². The summed E-state index contributed by atoms with van der Waals surface area (Å²) in [7, 11) is 0. The molecule has 0 N–H and O–H groups in total. The van der Waals surface area contributed by atoms with Crippen molar-refractivity contribution in [2.45, 2.75) is 19.8 Å². The first kappa shape index (κ1) is 22.8. The lowest BCUT2D eigenvalue weighted by Crippen LogP contribution is -2.03. The molecule has 1 aliphatic carbocycles. The molecule has 0 atom stereocenters. The first-order valence-electron chi connectivity index (χ1n) is 12.7. The van der Waals surface area contributed by atoms with Crippen LogP contribution in [0.5, 0.6) is 0 Å². The Morgan fingerprint density at radius 1 is 0.486 bits per heavy atom. The Balaban J connectivity index is 1.39. The number of aromatic nitrogens is 3. The van der Waals surface area contributed by atoms with Gasteiger partial charge in [-0.25, -0.2) is 15.0 Å². The van der Waals surface area contributed by atoms with Crippen LogP contribution in [0.3, 0.4) is 0 Å². The Kier molecular flexibility index (Phi) is 6.26. The first-order chi connectivity index (χ1) is 18.2. The largest absolute Gasteiger partial charge is 0.208 e. The normalized spacial score (nSPS) is 12.8. The highest BCUT2D eigenvalue weighted by Gasteiger charge is 2.14. The van der Waals surface area contributed by atoms with E-state index in [1.165, 1.54) is 16.7 Å². The van der Waals surface area contributed by atoms with Crippen LogP contribution >= 0.6 is 0 Å². The smallest absolute Gasteiger partial charge is 0.164 e. The molecule has 0 aliphatic heterocycles. The zero-order valence-electron chi connectivity index (χ0n) is 20.8. The number of aryl methyl sites for hydroxylation is 1. The lowest BCUT2D eigenvalue weighted by molar-refractivity contribution is 1.01. The van der Waals surface area contributed by atoms with E-state index < -0.39 is 0 Å². The summed E-state index contributed by atoms with van der Waals surface area (Å²) in [5.41, 5.74) is 9.01. The molecule has 4 aromatic carbocycles. The molecule has 3 heteroatoms. The van der Waals surface area contributed by atoms with Gasteiger partial charge in [-0.2, -0.15) is 0 Å². The summed E-state index contributed by atoms with van der Waals surface area (Å²) in [6.07, 6.45) is 8.56. The molecule has 0 saturated carbocycles. The van der Waals surface area contributed by atoms with E-state index in [0.29, 0.717) is 17.5 Å². The molecular weight excluding hydrogens is 450 g/mol. The minimum atomic E-state index is 0.682. The molecule has 0 amide bonds. The standard InChI is InChI=1S/C34H27N3/c1-24-10-8-15-29(22-24)25-18-20-26(21-19-25)30-16-9-17-31(23-30)34-36-32(27-11-4-2-5-12-27)35-33(37-34)28-13-6-3-7-14-28/h2,4-6,8-23H,3,7H2,1H3. The molecule has 1 heterocycles. The maximum atomic E-state index is 4.91. The summed E-state index contributed by atoms with van der Waals surface area (Å²) in [4.78, 5) is 14.6. The number of benzene rings is 4. The van der Waals surface area contributed by atoms with Gasteiger partial charge in [-0.05, 0) is 48.1 Å². The SMILES string of the molecule is Cc1cccc(-c2ccc(-c3cccc(-c4nc(C5=CCCC=C5)nc(-c5ccccc5)n4)c3)cc2)c1. The van der Waals surface area contributed by atoms with Gasteiger partial charge in [0.05, 0.1) is 0 Å². The zero-order valence-corrected chi connectivity index (χ0v) is 20.8. The number of allylic oxidation sites excluding steroid dienone is 4. The van der Waals surface area contributed by atoms with E-state index >= 15 is 0 Å². The predicted octanol–water partition coefficient (Wildman–Crippen LogP) is 8.58. The van der Waals surface area contributed by atoms with E-state index in [1.807, 2.05) is 30.3 Å². The molecule has 0 bridgehead atoms. The molecule has 1 aliphatic rings. The molecule has 0 saturated heterocycles. The van der Waals surface area contributed by atoms with Crippen LogP contribution in [-0.2, 0) is 0 Å². The van der Waals surface area contributed by atoms with E-state index in [1.54, 1.807) is 0 Å². The fraction of sp³-hybridized carbons (Fsp3) is 0.0882. The molecule has 37 heavy (non-hydrogen) atoms. The monoisotopic (exact) mass is 477 g/mol. The van der Waals surface area contributed by atoms with E-state index in [4.69, 9.17) is 15.0 Å². The molecule has 0 spiro atoms. The number of hydrogen-bond acceptors (Lipinski definition) is 3. The van der Waals surface area contributed by atoms with Crippen molar-refractivity contribution < 1.29 is 0 Å². The maximum absolute atomic E-state index is 4.91. The van der Waals surface area contributed by atoms with Gasteiger partial charge in [-0.1, -0.05) is 121 Å². The molecule has 0 radical (unpaired) electrons. The minimum Gasteiger partial charge on any atom is -0.208 e. The van der Waals surface area contributed by atoms with Crippen molar-refractivity contribution in [1.29, 1.82) is 0 Å². The Labute approximate surface area is 217 Å². The highest BCUT2D eigenvalue weighted by molar-refractivity contribution is 5.76. The summed E-state index contributed by atoms with van der Waals surface area (Å²) >= 11 is 0. The van der Waals surface area contributed by atoms with Crippen LogP contribution in [0.2, 0.25) is 0 Å². The quantitative estimate of drug-likeness (QED) is 0.254. The van der Waals surface area contributed by atoms with E-state index in [-0.39, 0.29) is 0 Å². The highest BCUT2D eigenvalue weighted by Crippen LogP contribution is 2.30. The van der Waals surface area contributed by atoms with Crippen LogP contribution in [0, 0.1) is 6.92 Å². The molecule has 5 aromatic rings. The van der Waals surface area contributed by atoms with Gasteiger partial charge in [-0.15, -0.1) is 0 Å². The molecular formula is C34H27N3. The van der Waals surface area contributed by atoms with Gasteiger partial charge in [0.15, 0.2) is 17.5 Å². The number of nitrogens with zero attached hydrogens (tertiary/aromatic N) is 3. The van der Waals surface area contributed by atoms with Gasteiger partial charge in [0.1, 0.15) is 0 Å². The molecule has 3 nitrogen and oxygen atoms in total. The van der Waals surface area contributed by atoms with Crippen LogP contribution in [0.1, 0.15) is 24.2 Å². The third kappa shape index (κ3) is 5.03. The summed E-state index contributed by atoms with van der Waals surface area (Å²) in [5, 5.41) is 0. The summed E-state index contributed by atoms with van der Waals surface area (Å²) in [6, 6.07) is 35.9. The van der Waals surface area contributed by atoms with E-state index in [2.05, 4.69) is 97.9 Å².